The van der Waals surface area contributed by atoms with Gasteiger partial charge in [0.05, 0.1) is 7.05 Å². The van der Waals surface area contributed by atoms with Gasteiger partial charge in [-0.05, 0) is 63.8 Å². The minimum Gasteiger partial charge on any atom is -0.345 e. The Balaban J connectivity index is 1.59. The third-order valence-electron chi connectivity index (χ3n) is 5.50. The maximum Gasteiger partial charge on any atom is 0.279 e. The Morgan fingerprint density at radius 1 is 1.15 bits per heavy atom. The van der Waals surface area contributed by atoms with Gasteiger partial charge in [-0.2, -0.15) is 0 Å². The molecule has 144 valence electrons. The largest absolute Gasteiger partial charge is 0.345 e. The van der Waals surface area contributed by atoms with Crippen LogP contribution in [0.15, 0.2) is 24.3 Å². The summed E-state index contributed by atoms with van der Waals surface area (Å²) in [5.41, 5.74) is 6.08. The number of anilines is 1. The summed E-state index contributed by atoms with van der Waals surface area (Å²) < 4.78 is 2.29. The van der Waals surface area contributed by atoms with Crippen molar-refractivity contribution in [3.63, 3.8) is 0 Å². The van der Waals surface area contributed by atoms with Crippen molar-refractivity contribution >= 4 is 17.4 Å². The van der Waals surface area contributed by atoms with Gasteiger partial charge in [-0.1, -0.05) is 12.1 Å². The van der Waals surface area contributed by atoms with E-state index < -0.39 is 0 Å². The van der Waals surface area contributed by atoms with Crippen LogP contribution in [0.4, 0.5) is 5.69 Å². The molecule has 0 saturated heterocycles. The fourth-order valence-corrected chi connectivity index (χ4v) is 3.74. The first-order valence-corrected chi connectivity index (χ1v) is 9.67. The number of carbonyl (C=O) groups excluding carboxylic acids is 2. The summed E-state index contributed by atoms with van der Waals surface area (Å²) in [6.45, 7) is 8.70. The number of aryl methyl sites for hydroxylation is 2. The first-order valence-electron chi connectivity index (χ1n) is 9.67. The van der Waals surface area contributed by atoms with Gasteiger partial charge >= 0.3 is 0 Å². The second-order valence-corrected chi connectivity index (χ2v) is 7.92. The molecule has 1 aromatic heterocycles. The number of quaternary nitrogens is 1. The normalized spacial score (nSPS) is 14.9. The number of aromatic nitrogens is 1. The molecule has 0 spiro atoms. The molecule has 1 aliphatic rings. The van der Waals surface area contributed by atoms with Gasteiger partial charge < -0.3 is 14.8 Å². The first kappa shape index (κ1) is 19.4. The molecule has 1 amide bonds. The van der Waals surface area contributed by atoms with E-state index in [1.807, 2.05) is 52.1 Å². The van der Waals surface area contributed by atoms with Gasteiger partial charge in [0.2, 0.25) is 5.78 Å². The van der Waals surface area contributed by atoms with Gasteiger partial charge in [-0.25, -0.2) is 0 Å². The van der Waals surface area contributed by atoms with Crippen molar-refractivity contribution in [2.24, 2.45) is 0 Å². The lowest BCUT2D eigenvalue weighted by Gasteiger charge is -2.15. The second kappa shape index (κ2) is 7.69. The lowest BCUT2D eigenvalue weighted by Crippen LogP contribution is -3.11. The van der Waals surface area contributed by atoms with Crippen LogP contribution in [0.1, 0.15) is 51.8 Å². The molecule has 1 fully saturated rings. The van der Waals surface area contributed by atoms with E-state index in [2.05, 4.69) is 16.8 Å². The third kappa shape index (κ3) is 4.30. The Morgan fingerprint density at radius 2 is 1.85 bits per heavy atom. The van der Waals surface area contributed by atoms with Crippen LogP contribution in [0, 0.1) is 27.7 Å². The van der Waals surface area contributed by atoms with Gasteiger partial charge in [0.25, 0.3) is 5.91 Å². The lowest BCUT2D eigenvalue weighted by molar-refractivity contribution is -0.861. The SMILES string of the molecule is Cc1cccc(NC(=O)C[NH+](C)CC(=O)c2cc(C)n(C3CC3)c2C)c1C. The fraction of sp³-hybridized carbons (Fsp3) is 0.455. The standard InChI is InChI=1S/C22H29N3O2/c1-14-7-6-8-20(16(14)3)23-22(27)13-24(5)12-21(26)19-11-15(2)25(17(19)4)18-9-10-18/h6-8,11,18H,9-10,12-13H2,1-5H3,(H,23,27)/p+1. The molecular weight excluding hydrogens is 338 g/mol. The van der Waals surface area contributed by atoms with E-state index in [0.717, 1.165) is 38.7 Å². The van der Waals surface area contributed by atoms with Crippen LogP contribution in [-0.4, -0.2) is 36.4 Å². The smallest absolute Gasteiger partial charge is 0.279 e. The summed E-state index contributed by atoms with van der Waals surface area (Å²) >= 11 is 0. The molecule has 5 nitrogen and oxygen atoms in total. The topological polar surface area (TPSA) is 55.5 Å². The zero-order valence-electron chi connectivity index (χ0n) is 17.0. The zero-order valence-corrected chi connectivity index (χ0v) is 17.0. The van der Waals surface area contributed by atoms with Gasteiger partial charge in [-0.15, -0.1) is 0 Å². The number of carbonyl (C=O) groups is 2. The molecule has 1 saturated carbocycles. The maximum absolute atomic E-state index is 12.8. The first-order chi connectivity index (χ1) is 12.8. The van der Waals surface area contributed by atoms with Crippen molar-refractivity contribution < 1.29 is 14.5 Å². The second-order valence-electron chi connectivity index (χ2n) is 7.92. The minimum atomic E-state index is -0.0718. The van der Waals surface area contributed by atoms with Crippen LogP contribution in [-0.2, 0) is 4.79 Å². The number of Topliss-reactive ketones (excluding diaryl/α,β-unsaturated/α-hetero) is 1. The van der Waals surface area contributed by atoms with Crippen molar-refractivity contribution in [3.05, 3.63) is 52.3 Å². The summed E-state index contributed by atoms with van der Waals surface area (Å²) in [6.07, 6.45) is 2.40. The van der Waals surface area contributed by atoms with E-state index >= 15 is 0 Å². The highest BCUT2D eigenvalue weighted by atomic mass is 16.2. The zero-order chi connectivity index (χ0) is 19.7. The van der Waals surface area contributed by atoms with E-state index in [1.54, 1.807) is 0 Å². The van der Waals surface area contributed by atoms with Crippen LogP contribution in [0.25, 0.3) is 0 Å². The minimum absolute atomic E-state index is 0.0718. The average molecular weight is 369 g/mol. The predicted molar refractivity (Wildman–Crippen MR) is 108 cm³/mol. The Morgan fingerprint density at radius 3 is 2.52 bits per heavy atom. The summed E-state index contributed by atoms with van der Waals surface area (Å²) in [5.74, 6) is 0.0319. The lowest BCUT2D eigenvalue weighted by atomic mass is 10.1. The Kier molecular flexibility index (Phi) is 5.51. The van der Waals surface area contributed by atoms with Crippen molar-refractivity contribution in [1.29, 1.82) is 0 Å². The molecule has 27 heavy (non-hydrogen) atoms. The van der Waals surface area contributed by atoms with Gasteiger partial charge in [0, 0.05) is 28.7 Å². The van der Waals surface area contributed by atoms with E-state index in [-0.39, 0.29) is 18.2 Å². The summed E-state index contributed by atoms with van der Waals surface area (Å²) in [6, 6.07) is 8.44. The monoisotopic (exact) mass is 368 g/mol. The molecule has 3 rings (SSSR count). The molecule has 0 aliphatic heterocycles. The Labute approximate surface area is 161 Å². The molecule has 5 heteroatoms. The molecule has 2 N–H and O–H groups in total. The predicted octanol–water partition coefficient (Wildman–Crippen LogP) is 2.39. The summed E-state index contributed by atoms with van der Waals surface area (Å²) in [7, 11) is 1.89. The molecule has 1 atom stereocenters. The Hall–Kier alpha value is -2.40. The van der Waals surface area contributed by atoms with Crippen molar-refractivity contribution in [1.82, 2.24) is 4.57 Å². The van der Waals surface area contributed by atoms with Crippen LogP contribution >= 0.6 is 0 Å². The third-order valence-corrected chi connectivity index (χ3v) is 5.50. The number of nitrogens with one attached hydrogen (secondary N) is 2. The van der Waals surface area contributed by atoms with Gasteiger partial charge in [-0.3, -0.25) is 9.59 Å². The molecule has 1 heterocycles. The number of rotatable bonds is 7. The molecule has 2 aromatic rings. The van der Waals surface area contributed by atoms with Crippen LogP contribution in [0.5, 0.6) is 0 Å². The van der Waals surface area contributed by atoms with Crippen LogP contribution in [0.2, 0.25) is 0 Å². The van der Waals surface area contributed by atoms with Crippen LogP contribution < -0.4 is 10.2 Å². The molecular formula is C22H30N3O2+. The molecule has 0 radical (unpaired) electrons. The maximum atomic E-state index is 12.8. The molecule has 1 unspecified atom stereocenters. The van der Waals surface area contributed by atoms with Crippen molar-refractivity contribution in [2.45, 2.75) is 46.6 Å². The summed E-state index contributed by atoms with van der Waals surface area (Å²) in [4.78, 5) is 26.0. The molecule has 1 aromatic carbocycles. The highest BCUT2D eigenvalue weighted by Gasteiger charge is 2.29. The van der Waals surface area contributed by atoms with Gasteiger partial charge in [0.15, 0.2) is 6.54 Å². The highest BCUT2D eigenvalue weighted by molar-refractivity contribution is 5.98. The number of hydrogen-bond donors (Lipinski definition) is 2. The number of ketones is 1. The number of benzene rings is 1. The van der Waals surface area contributed by atoms with Crippen molar-refractivity contribution in [2.75, 3.05) is 25.5 Å². The van der Waals surface area contributed by atoms with Crippen LogP contribution in [0.3, 0.4) is 0 Å². The Bertz CT molecular complexity index is 878. The average Bonchev–Trinajstić information content (AvgIpc) is 3.36. The van der Waals surface area contributed by atoms with E-state index in [9.17, 15) is 9.59 Å². The fourth-order valence-electron chi connectivity index (χ4n) is 3.74. The quantitative estimate of drug-likeness (QED) is 0.738. The van der Waals surface area contributed by atoms with E-state index in [0.29, 0.717) is 12.6 Å². The number of likely N-dealkylation sites (N-methyl/N-ethyl adjacent to an activating group) is 1. The van der Waals surface area contributed by atoms with E-state index in [1.165, 1.54) is 12.8 Å². The van der Waals surface area contributed by atoms with Crippen molar-refractivity contribution in [3.8, 4) is 0 Å². The molecule has 1 aliphatic carbocycles. The highest BCUT2D eigenvalue weighted by Crippen LogP contribution is 2.38. The number of hydrogen-bond acceptors (Lipinski definition) is 2. The molecule has 0 bridgehead atoms. The number of amides is 1. The van der Waals surface area contributed by atoms with E-state index in [4.69, 9.17) is 0 Å². The van der Waals surface area contributed by atoms with Gasteiger partial charge in [0.1, 0.15) is 6.54 Å². The summed E-state index contributed by atoms with van der Waals surface area (Å²) in [5, 5.41) is 2.97. The number of nitrogens with zero attached hydrogens (tertiary/aromatic N) is 1.